The van der Waals surface area contributed by atoms with Gasteiger partial charge in [-0.05, 0) is 72.1 Å². The van der Waals surface area contributed by atoms with Crippen molar-refractivity contribution in [2.24, 2.45) is 0 Å². The van der Waals surface area contributed by atoms with E-state index in [-0.39, 0.29) is 17.9 Å². The minimum absolute atomic E-state index is 0.0677. The Hall–Kier alpha value is -4.04. The molecule has 8 heteroatoms. The lowest BCUT2D eigenvalue weighted by atomic mass is 9.95. The fraction of sp³-hybridized carbons (Fsp3) is 0.172. The van der Waals surface area contributed by atoms with Crippen molar-refractivity contribution in [2.75, 3.05) is 20.8 Å². The van der Waals surface area contributed by atoms with E-state index in [0.717, 1.165) is 32.3 Å². The van der Waals surface area contributed by atoms with E-state index >= 15 is 0 Å². The molecule has 7 nitrogen and oxygen atoms in total. The second-order valence-electron chi connectivity index (χ2n) is 8.75. The third-order valence-corrected chi connectivity index (χ3v) is 7.21. The van der Waals surface area contributed by atoms with Gasteiger partial charge in [-0.15, -0.1) is 0 Å². The first-order chi connectivity index (χ1) is 17.9. The van der Waals surface area contributed by atoms with Crippen molar-refractivity contribution in [2.45, 2.75) is 12.5 Å². The monoisotopic (exact) mass is 560 g/mol. The van der Waals surface area contributed by atoms with Crippen molar-refractivity contribution in [1.82, 2.24) is 9.88 Å². The minimum atomic E-state index is -0.727. The molecule has 1 aliphatic rings. The number of ether oxygens (including phenoxy) is 2. The Morgan fingerprint density at radius 3 is 2.32 bits per heavy atom. The van der Waals surface area contributed by atoms with Gasteiger partial charge < -0.3 is 24.5 Å². The number of methoxy groups -OCH3 is 2. The lowest BCUT2D eigenvalue weighted by Crippen LogP contribution is -2.31. The summed E-state index contributed by atoms with van der Waals surface area (Å²) in [5, 5.41) is 12.2. The number of Topliss-reactive ketones (excluding diaryl/α,β-unsaturated/α-hetero) is 1. The van der Waals surface area contributed by atoms with Crippen LogP contribution in [0.4, 0.5) is 0 Å². The Bertz CT molecular complexity index is 1510. The average molecular weight is 561 g/mol. The van der Waals surface area contributed by atoms with Crippen LogP contribution in [0.15, 0.2) is 83.0 Å². The fourth-order valence-electron chi connectivity index (χ4n) is 4.74. The van der Waals surface area contributed by atoms with Crippen LogP contribution in [0.2, 0.25) is 0 Å². The number of aromatic amines is 1. The maximum atomic E-state index is 13.3. The first-order valence-electron chi connectivity index (χ1n) is 11.7. The van der Waals surface area contributed by atoms with Gasteiger partial charge in [-0.3, -0.25) is 9.59 Å². The number of halogens is 1. The van der Waals surface area contributed by atoms with Crippen molar-refractivity contribution in [1.29, 1.82) is 0 Å². The zero-order valence-electron chi connectivity index (χ0n) is 20.3. The number of aliphatic hydroxyl groups is 1. The number of aliphatic hydroxyl groups excluding tert-OH is 1. The lowest BCUT2D eigenvalue weighted by molar-refractivity contribution is -0.139. The predicted octanol–water partition coefficient (Wildman–Crippen LogP) is 5.61. The van der Waals surface area contributed by atoms with Crippen LogP contribution in [-0.4, -0.2) is 47.4 Å². The van der Waals surface area contributed by atoms with Crippen molar-refractivity contribution in [3.8, 4) is 11.5 Å². The summed E-state index contributed by atoms with van der Waals surface area (Å²) >= 11 is 3.44. The van der Waals surface area contributed by atoms with Gasteiger partial charge in [0.1, 0.15) is 17.3 Å². The number of rotatable bonds is 7. The van der Waals surface area contributed by atoms with Crippen LogP contribution in [0.25, 0.3) is 16.7 Å². The highest BCUT2D eigenvalue weighted by molar-refractivity contribution is 9.10. The largest absolute Gasteiger partial charge is 0.507 e. The number of benzene rings is 3. The SMILES string of the molecule is COc1ccc(C(O)=C2C(=O)C(=O)N(CCc3c[nH]c4ccc(OC)cc34)[C@@H]2c2ccc(Br)cc2)cc1. The molecule has 1 amide bonds. The van der Waals surface area contributed by atoms with Gasteiger partial charge in [-0.2, -0.15) is 0 Å². The molecule has 2 N–H and O–H groups in total. The van der Waals surface area contributed by atoms with E-state index in [4.69, 9.17) is 9.47 Å². The number of aromatic nitrogens is 1. The maximum Gasteiger partial charge on any atom is 0.295 e. The normalized spacial score (nSPS) is 16.9. The molecule has 0 bridgehead atoms. The summed E-state index contributed by atoms with van der Waals surface area (Å²) in [6.07, 6.45) is 2.42. The van der Waals surface area contributed by atoms with E-state index in [1.165, 1.54) is 0 Å². The quantitative estimate of drug-likeness (QED) is 0.174. The second kappa shape index (κ2) is 10.1. The molecule has 188 valence electrons. The number of likely N-dealkylation sites (tertiary alicyclic amines) is 1. The summed E-state index contributed by atoms with van der Waals surface area (Å²) in [4.78, 5) is 31.4. The van der Waals surface area contributed by atoms with Gasteiger partial charge in [0.05, 0.1) is 25.8 Å². The summed E-state index contributed by atoms with van der Waals surface area (Å²) in [6, 6.07) is 19.2. The Morgan fingerprint density at radius 2 is 1.65 bits per heavy atom. The van der Waals surface area contributed by atoms with Crippen molar-refractivity contribution < 1.29 is 24.2 Å². The van der Waals surface area contributed by atoms with Gasteiger partial charge in [0.15, 0.2) is 0 Å². The molecule has 0 aliphatic carbocycles. The predicted molar refractivity (Wildman–Crippen MR) is 145 cm³/mol. The minimum Gasteiger partial charge on any atom is -0.507 e. The lowest BCUT2D eigenvalue weighted by Gasteiger charge is -2.25. The van der Waals surface area contributed by atoms with Gasteiger partial charge in [-0.25, -0.2) is 0 Å². The van der Waals surface area contributed by atoms with E-state index in [2.05, 4.69) is 20.9 Å². The van der Waals surface area contributed by atoms with Gasteiger partial charge in [-0.1, -0.05) is 28.1 Å². The Labute approximate surface area is 222 Å². The van der Waals surface area contributed by atoms with Crippen LogP contribution < -0.4 is 9.47 Å². The fourth-order valence-corrected chi connectivity index (χ4v) is 5.00. The van der Waals surface area contributed by atoms with Crippen molar-refractivity contribution in [3.05, 3.63) is 99.7 Å². The number of H-pyrrole nitrogens is 1. The van der Waals surface area contributed by atoms with Crippen LogP contribution in [0.1, 0.15) is 22.7 Å². The van der Waals surface area contributed by atoms with Crippen molar-refractivity contribution >= 4 is 44.3 Å². The van der Waals surface area contributed by atoms with Gasteiger partial charge in [0.25, 0.3) is 11.7 Å². The molecule has 0 spiro atoms. The van der Waals surface area contributed by atoms with Crippen LogP contribution in [0.3, 0.4) is 0 Å². The first-order valence-corrected chi connectivity index (χ1v) is 12.5. The number of fused-ring (bicyclic) bond motifs is 1. The number of nitrogens with zero attached hydrogens (tertiary/aromatic N) is 1. The van der Waals surface area contributed by atoms with Crippen LogP contribution in [-0.2, 0) is 16.0 Å². The molecule has 2 heterocycles. The topological polar surface area (TPSA) is 91.9 Å². The number of carbonyl (C=O) groups is 2. The number of hydrogen-bond acceptors (Lipinski definition) is 5. The summed E-state index contributed by atoms with van der Waals surface area (Å²) < 4.78 is 11.4. The molecule has 0 saturated carbocycles. The highest BCUT2D eigenvalue weighted by Gasteiger charge is 2.45. The number of nitrogens with one attached hydrogen (secondary N) is 1. The molecule has 4 aromatic rings. The highest BCUT2D eigenvalue weighted by atomic mass is 79.9. The van der Waals surface area contributed by atoms with Crippen LogP contribution in [0.5, 0.6) is 11.5 Å². The van der Waals surface area contributed by atoms with E-state index in [1.54, 1.807) is 43.4 Å². The van der Waals surface area contributed by atoms with E-state index in [1.807, 2.05) is 48.7 Å². The Morgan fingerprint density at radius 1 is 0.973 bits per heavy atom. The standard InChI is InChI=1S/C29H25BrN2O5/c1-36-21-9-5-18(6-10-21)27(33)25-26(17-3-7-20(30)8-4-17)32(29(35)28(25)34)14-13-19-16-31-24-12-11-22(37-2)15-23(19)24/h3-12,15-16,26,31,33H,13-14H2,1-2H3/t26-/m1/s1. The second-order valence-corrected chi connectivity index (χ2v) is 9.66. The molecule has 5 rings (SSSR count). The number of amides is 1. The van der Waals surface area contributed by atoms with E-state index < -0.39 is 17.7 Å². The molecule has 0 unspecified atom stereocenters. The Balaban J connectivity index is 1.54. The molecule has 3 aromatic carbocycles. The third-order valence-electron chi connectivity index (χ3n) is 6.69. The molecule has 0 radical (unpaired) electrons. The molecule has 1 atom stereocenters. The molecule has 1 fully saturated rings. The third kappa shape index (κ3) is 4.60. The first kappa shape index (κ1) is 24.6. The number of carbonyl (C=O) groups excluding carboxylic acids is 2. The molecular weight excluding hydrogens is 536 g/mol. The smallest absolute Gasteiger partial charge is 0.295 e. The molecule has 1 aliphatic heterocycles. The zero-order chi connectivity index (χ0) is 26.1. The zero-order valence-corrected chi connectivity index (χ0v) is 21.9. The molecular formula is C29H25BrN2O5. The molecule has 37 heavy (non-hydrogen) atoms. The van der Waals surface area contributed by atoms with Gasteiger partial charge >= 0.3 is 0 Å². The van der Waals surface area contributed by atoms with E-state index in [0.29, 0.717) is 17.7 Å². The molecule has 1 saturated heterocycles. The van der Waals surface area contributed by atoms with Crippen molar-refractivity contribution in [3.63, 3.8) is 0 Å². The van der Waals surface area contributed by atoms with E-state index in [9.17, 15) is 14.7 Å². The number of ketones is 1. The number of hydrogen-bond donors (Lipinski definition) is 2. The summed E-state index contributed by atoms with van der Waals surface area (Å²) in [6.45, 7) is 0.287. The van der Waals surface area contributed by atoms with Gasteiger partial charge in [0, 0.05) is 33.7 Å². The van der Waals surface area contributed by atoms with Gasteiger partial charge in [0.2, 0.25) is 0 Å². The van der Waals surface area contributed by atoms with Crippen LogP contribution >= 0.6 is 15.9 Å². The average Bonchev–Trinajstić information content (AvgIpc) is 3.44. The summed E-state index contributed by atoms with van der Waals surface area (Å²) in [7, 11) is 3.17. The summed E-state index contributed by atoms with van der Waals surface area (Å²) in [5.41, 5.74) is 3.20. The Kier molecular flexibility index (Phi) is 6.76. The summed E-state index contributed by atoms with van der Waals surface area (Å²) in [5.74, 6) is -0.199. The highest BCUT2D eigenvalue weighted by Crippen LogP contribution is 2.40. The maximum absolute atomic E-state index is 13.3. The molecule has 1 aromatic heterocycles. The van der Waals surface area contributed by atoms with Crippen LogP contribution in [0, 0.1) is 0 Å².